The molecule has 2 unspecified atom stereocenters. The van der Waals surface area contributed by atoms with Crippen molar-refractivity contribution in [3.05, 3.63) is 30.9 Å². The number of aryl methyl sites for hydroxylation is 1. The molecule has 3 aromatic heterocycles. The standard InChI is InChI=1S/C18H22N6/c1-12-7-14-8-13(14)4-6-23(12)18-9-15(16-3-5-20-22(16)2)17-10-19-11-24(17)21-18/h3,5,9-14H,4,6-8H2,1-2H3/t12-,13?,14?/m1/s1. The first-order valence-corrected chi connectivity index (χ1v) is 8.79. The first kappa shape index (κ1) is 14.0. The van der Waals surface area contributed by atoms with Gasteiger partial charge in [0.25, 0.3) is 0 Å². The van der Waals surface area contributed by atoms with Gasteiger partial charge in [-0.15, -0.1) is 5.10 Å². The van der Waals surface area contributed by atoms with Crippen molar-refractivity contribution in [3.63, 3.8) is 0 Å². The zero-order valence-corrected chi connectivity index (χ0v) is 14.1. The average Bonchev–Trinajstić information content (AvgIpc) is 2.95. The van der Waals surface area contributed by atoms with Crippen LogP contribution in [0.3, 0.4) is 0 Å². The summed E-state index contributed by atoms with van der Waals surface area (Å²) in [7, 11) is 1.98. The normalized spacial score (nSPS) is 26.4. The van der Waals surface area contributed by atoms with Crippen LogP contribution in [0.5, 0.6) is 0 Å². The number of nitrogens with zero attached hydrogens (tertiary/aromatic N) is 6. The Kier molecular flexibility index (Phi) is 2.96. The van der Waals surface area contributed by atoms with Crippen LogP contribution in [-0.2, 0) is 7.05 Å². The Balaban J connectivity index is 1.62. The Morgan fingerprint density at radius 1 is 1.21 bits per heavy atom. The quantitative estimate of drug-likeness (QED) is 0.728. The van der Waals surface area contributed by atoms with Crippen molar-refractivity contribution < 1.29 is 0 Å². The van der Waals surface area contributed by atoms with Gasteiger partial charge in [-0.1, -0.05) is 0 Å². The second kappa shape index (κ2) is 5.06. The first-order chi connectivity index (χ1) is 11.7. The number of fused-ring (bicyclic) bond motifs is 2. The van der Waals surface area contributed by atoms with Gasteiger partial charge in [-0.05, 0) is 50.2 Å². The molecule has 5 rings (SSSR count). The van der Waals surface area contributed by atoms with Gasteiger partial charge < -0.3 is 4.90 Å². The molecule has 2 fully saturated rings. The van der Waals surface area contributed by atoms with E-state index in [2.05, 4.69) is 28.0 Å². The summed E-state index contributed by atoms with van der Waals surface area (Å²) in [5.74, 6) is 2.94. The molecule has 0 bridgehead atoms. The molecule has 1 aliphatic carbocycles. The lowest BCUT2D eigenvalue weighted by atomic mass is 10.1. The fourth-order valence-electron chi connectivity index (χ4n) is 4.27. The highest BCUT2D eigenvalue weighted by molar-refractivity contribution is 5.79. The Morgan fingerprint density at radius 3 is 2.96 bits per heavy atom. The van der Waals surface area contributed by atoms with Gasteiger partial charge in [0.1, 0.15) is 6.33 Å². The third kappa shape index (κ3) is 2.12. The lowest BCUT2D eigenvalue weighted by molar-refractivity contribution is 0.571. The summed E-state index contributed by atoms with van der Waals surface area (Å²) in [6.45, 7) is 3.44. The highest BCUT2D eigenvalue weighted by Crippen LogP contribution is 2.47. The zero-order chi connectivity index (χ0) is 16.3. The van der Waals surface area contributed by atoms with Crippen LogP contribution in [0.2, 0.25) is 0 Å². The van der Waals surface area contributed by atoms with Gasteiger partial charge in [0.05, 0.1) is 17.4 Å². The fourth-order valence-corrected chi connectivity index (χ4v) is 4.27. The summed E-state index contributed by atoms with van der Waals surface area (Å²) in [4.78, 5) is 6.77. The molecule has 0 amide bonds. The van der Waals surface area contributed by atoms with E-state index in [-0.39, 0.29) is 0 Å². The van der Waals surface area contributed by atoms with E-state index in [0.29, 0.717) is 6.04 Å². The van der Waals surface area contributed by atoms with Crippen LogP contribution in [0.1, 0.15) is 26.2 Å². The topological polar surface area (TPSA) is 51.2 Å². The molecule has 2 aliphatic rings. The Hall–Kier alpha value is -2.37. The van der Waals surface area contributed by atoms with Crippen molar-refractivity contribution in [3.8, 4) is 11.3 Å². The molecule has 6 heteroatoms. The number of anilines is 1. The van der Waals surface area contributed by atoms with E-state index in [4.69, 9.17) is 5.10 Å². The average molecular weight is 322 g/mol. The molecule has 4 heterocycles. The molecule has 1 saturated heterocycles. The smallest absolute Gasteiger partial charge is 0.150 e. The SMILES string of the molecule is C[C@@H]1CC2CC2CCN1c1cc(-c2ccnn2C)c2cncn2n1. The number of hydrogen-bond donors (Lipinski definition) is 0. The van der Waals surface area contributed by atoms with Crippen LogP contribution in [0.15, 0.2) is 30.9 Å². The van der Waals surface area contributed by atoms with Crippen molar-refractivity contribution in [2.24, 2.45) is 18.9 Å². The molecule has 6 nitrogen and oxygen atoms in total. The van der Waals surface area contributed by atoms with Crippen LogP contribution >= 0.6 is 0 Å². The predicted octanol–water partition coefficient (Wildman–Crippen LogP) is 2.75. The molecule has 124 valence electrons. The van der Waals surface area contributed by atoms with E-state index in [0.717, 1.165) is 41.0 Å². The monoisotopic (exact) mass is 322 g/mol. The molecule has 3 atom stereocenters. The maximum absolute atomic E-state index is 4.84. The molecule has 0 radical (unpaired) electrons. The third-order valence-corrected chi connectivity index (χ3v) is 5.76. The molecule has 24 heavy (non-hydrogen) atoms. The lowest BCUT2D eigenvalue weighted by Gasteiger charge is -2.29. The summed E-state index contributed by atoms with van der Waals surface area (Å²) < 4.78 is 3.81. The first-order valence-electron chi connectivity index (χ1n) is 8.79. The predicted molar refractivity (Wildman–Crippen MR) is 92.8 cm³/mol. The minimum absolute atomic E-state index is 0.537. The van der Waals surface area contributed by atoms with Gasteiger partial charge in [-0.3, -0.25) is 4.68 Å². The Labute approximate surface area is 141 Å². The fraction of sp³-hybridized carbons (Fsp3) is 0.500. The van der Waals surface area contributed by atoms with Crippen LogP contribution < -0.4 is 4.90 Å². The Morgan fingerprint density at radius 2 is 2.12 bits per heavy atom. The third-order valence-electron chi connectivity index (χ3n) is 5.76. The summed E-state index contributed by atoms with van der Waals surface area (Å²) >= 11 is 0. The van der Waals surface area contributed by atoms with E-state index in [1.807, 2.05) is 34.7 Å². The van der Waals surface area contributed by atoms with Crippen LogP contribution in [0.25, 0.3) is 16.8 Å². The van der Waals surface area contributed by atoms with E-state index < -0.39 is 0 Å². The molecule has 0 spiro atoms. The minimum atomic E-state index is 0.537. The molecule has 1 saturated carbocycles. The van der Waals surface area contributed by atoms with Crippen molar-refractivity contribution in [1.82, 2.24) is 24.4 Å². The molecular weight excluding hydrogens is 300 g/mol. The van der Waals surface area contributed by atoms with Crippen molar-refractivity contribution in [1.29, 1.82) is 0 Å². The molecular formula is C18H22N6. The maximum atomic E-state index is 4.84. The number of rotatable bonds is 2. The summed E-state index contributed by atoms with van der Waals surface area (Å²) in [6.07, 6.45) is 9.52. The highest BCUT2D eigenvalue weighted by Gasteiger charge is 2.41. The van der Waals surface area contributed by atoms with Gasteiger partial charge in [-0.2, -0.15) is 5.10 Å². The summed E-state index contributed by atoms with van der Waals surface area (Å²) in [6, 6.07) is 4.80. The largest absolute Gasteiger partial charge is 0.352 e. The van der Waals surface area contributed by atoms with E-state index >= 15 is 0 Å². The number of imidazole rings is 1. The van der Waals surface area contributed by atoms with Crippen LogP contribution in [0.4, 0.5) is 5.82 Å². The van der Waals surface area contributed by atoms with E-state index in [1.165, 1.54) is 19.3 Å². The second-order valence-electron chi connectivity index (χ2n) is 7.30. The van der Waals surface area contributed by atoms with E-state index in [9.17, 15) is 0 Å². The van der Waals surface area contributed by atoms with Gasteiger partial charge in [0.2, 0.25) is 0 Å². The van der Waals surface area contributed by atoms with Crippen molar-refractivity contribution in [2.45, 2.75) is 32.2 Å². The number of aromatic nitrogens is 5. The van der Waals surface area contributed by atoms with Crippen molar-refractivity contribution >= 4 is 11.3 Å². The van der Waals surface area contributed by atoms with Gasteiger partial charge in [0.15, 0.2) is 5.82 Å². The van der Waals surface area contributed by atoms with Crippen molar-refractivity contribution in [2.75, 3.05) is 11.4 Å². The molecule has 1 aliphatic heterocycles. The van der Waals surface area contributed by atoms with E-state index in [1.54, 1.807) is 6.33 Å². The number of hydrogen-bond acceptors (Lipinski definition) is 4. The van der Waals surface area contributed by atoms with Crippen LogP contribution in [-0.4, -0.2) is 37.0 Å². The zero-order valence-electron chi connectivity index (χ0n) is 14.1. The van der Waals surface area contributed by atoms with Gasteiger partial charge in [-0.25, -0.2) is 9.50 Å². The van der Waals surface area contributed by atoms with Gasteiger partial charge in [0, 0.05) is 31.4 Å². The lowest BCUT2D eigenvalue weighted by Crippen LogP contribution is -2.34. The minimum Gasteiger partial charge on any atom is -0.352 e. The summed E-state index contributed by atoms with van der Waals surface area (Å²) in [5.41, 5.74) is 3.25. The highest BCUT2D eigenvalue weighted by atomic mass is 15.3. The molecule has 0 N–H and O–H groups in total. The maximum Gasteiger partial charge on any atom is 0.150 e. The molecule has 3 aromatic rings. The second-order valence-corrected chi connectivity index (χ2v) is 7.30. The Bertz CT molecular complexity index is 894. The van der Waals surface area contributed by atoms with Crippen LogP contribution in [0, 0.1) is 11.8 Å². The molecule has 0 aromatic carbocycles. The van der Waals surface area contributed by atoms with Gasteiger partial charge >= 0.3 is 0 Å². The summed E-state index contributed by atoms with van der Waals surface area (Å²) in [5, 5.41) is 9.17.